The maximum atomic E-state index is 14.4. The molecule has 0 spiro atoms. The van der Waals surface area contributed by atoms with Crippen LogP contribution in [-0.2, 0) is 13.1 Å². The van der Waals surface area contributed by atoms with Gasteiger partial charge in [-0.2, -0.15) is 0 Å². The van der Waals surface area contributed by atoms with Crippen LogP contribution in [0.3, 0.4) is 0 Å². The Morgan fingerprint density at radius 1 is 1.09 bits per heavy atom. The van der Waals surface area contributed by atoms with Crippen molar-refractivity contribution in [3.8, 4) is 0 Å². The number of oxazole rings is 1. The quantitative estimate of drug-likeness (QED) is 0.538. The lowest BCUT2D eigenvalue weighted by molar-refractivity contribution is 0.0658. The minimum atomic E-state index is -0.612. The monoisotopic (exact) mass is 454 g/mol. The summed E-state index contributed by atoms with van der Waals surface area (Å²) in [5, 5.41) is 0. The maximum Gasteiger partial charge on any atom is 0.275 e. The normalized spacial score (nSPS) is 15.7. The van der Waals surface area contributed by atoms with Gasteiger partial charge in [0, 0.05) is 50.4 Å². The third kappa shape index (κ3) is 5.64. The molecule has 1 aromatic heterocycles. The van der Waals surface area contributed by atoms with Gasteiger partial charge in [0.2, 0.25) is 5.89 Å². The molecule has 0 unspecified atom stereocenters. The molecule has 0 N–H and O–H groups in total. The van der Waals surface area contributed by atoms with E-state index in [2.05, 4.69) is 9.88 Å². The van der Waals surface area contributed by atoms with Crippen molar-refractivity contribution >= 4 is 5.91 Å². The number of rotatable bonds is 7. The first-order valence-electron chi connectivity index (χ1n) is 11.1. The van der Waals surface area contributed by atoms with E-state index >= 15 is 0 Å². The van der Waals surface area contributed by atoms with E-state index in [0.29, 0.717) is 24.5 Å². The van der Waals surface area contributed by atoms with Crippen molar-refractivity contribution in [2.75, 3.05) is 33.2 Å². The van der Waals surface area contributed by atoms with Crippen LogP contribution in [0.1, 0.15) is 40.5 Å². The zero-order valence-electron chi connectivity index (χ0n) is 18.9. The number of carbonyl (C=O) groups excluding carboxylic acids is 1. The lowest BCUT2D eigenvalue weighted by atomic mass is 10.1. The fourth-order valence-electron chi connectivity index (χ4n) is 3.97. The Kier molecular flexibility index (Phi) is 7.15. The molecule has 8 heteroatoms. The number of hydrogen-bond acceptors (Lipinski definition) is 5. The fraction of sp³-hybridized carbons (Fsp3) is 0.360. The van der Waals surface area contributed by atoms with Crippen molar-refractivity contribution in [3.05, 3.63) is 89.1 Å². The maximum absolute atomic E-state index is 14.4. The zero-order chi connectivity index (χ0) is 23.4. The van der Waals surface area contributed by atoms with E-state index in [0.717, 1.165) is 24.7 Å². The van der Waals surface area contributed by atoms with Crippen molar-refractivity contribution < 1.29 is 18.0 Å². The summed E-state index contributed by atoms with van der Waals surface area (Å²) in [7, 11) is 2.03. The van der Waals surface area contributed by atoms with Crippen LogP contribution in [0, 0.1) is 11.6 Å². The molecule has 1 amide bonds. The summed E-state index contributed by atoms with van der Waals surface area (Å²) < 4.78 is 33.4. The highest BCUT2D eigenvalue weighted by Gasteiger charge is 2.25. The van der Waals surface area contributed by atoms with E-state index < -0.39 is 11.6 Å². The van der Waals surface area contributed by atoms with Gasteiger partial charge in [-0.1, -0.05) is 36.4 Å². The molecule has 4 rings (SSSR count). The smallest absolute Gasteiger partial charge is 0.275 e. The molecule has 174 valence electrons. The second-order valence-corrected chi connectivity index (χ2v) is 8.45. The van der Waals surface area contributed by atoms with Crippen molar-refractivity contribution in [1.82, 2.24) is 19.7 Å². The van der Waals surface area contributed by atoms with Crippen LogP contribution in [0.2, 0.25) is 0 Å². The summed E-state index contributed by atoms with van der Waals surface area (Å²) in [5.41, 5.74) is 1.69. The van der Waals surface area contributed by atoms with Crippen molar-refractivity contribution in [2.24, 2.45) is 0 Å². The highest BCUT2D eigenvalue weighted by molar-refractivity contribution is 5.92. The van der Waals surface area contributed by atoms with Crippen LogP contribution in [0.15, 0.2) is 59.2 Å². The largest absolute Gasteiger partial charge is 0.447 e. The molecule has 0 radical (unpaired) electrons. The first kappa shape index (κ1) is 23.1. The molecular formula is C25H28F2N4O2. The average molecular weight is 455 g/mol. The number of piperazine rings is 1. The minimum absolute atomic E-state index is 0.0978. The van der Waals surface area contributed by atoms with Gasteiger partial charge >= 0.3 is 0 Å². The van der Waals surface area contributed by atoms with E-state index in [1.165, 1.54) is 18.4 Å². The molecule has 0 aliphatic carbocycles. The van der Waals surface area contributed by atoms with Crippen LogP contribution in [0.5, 0.6) is 0 Å². The minimum Gasteiger partial charge on any atom is -0.447 e. The summed E-state index contributed by atoms with van der Waals surface area (Å²) in [6.07, 6.45) is 1.39. The van der Waals surface area contributed by atoms with Gasteiger partial charge in [-0.05, 0) is 25.6 Å². The standard InChI is InChI=1S/C25H28F2N4O2/c1-18(19-6-4-3-5-7-19)31(15-20-8-9-21(26)14-22(20)27)16-24-28-23(17-33-24)25(32)30-12-10-29(2)11-13-30/h3-9,14,17-18H,10-13,15-16H2,1-2H3/t18-/m0/s1. The fourth-order valence-corrected chi connectivity index (χ4v) is 3.97. The van der Waals surface area contributed by atoms with Crippen LogP contribution in [0.4, 0.5) is 8.78 Å². The van der Waals surface area contributed by atoms with Gasteiger partial charge in [0.1, 0.15) is 17.9 Å². The zero-order valence-corrected chi connectivity index (χ0v) is 18.9. The predicted molar refractivity (Wildman–Crippen MR) is 120 cm³/mol. The topological polar surface area (TPSA) is 52.8 Å². The van der Waals surface area contributed by atoms with Gasteiger partial charge in [-0.15, -0.1) is 0 Å². The van der Waals surface area contributed by atoms with Gasteiger partial charge in [0.15, 0.2) is 5.69 Å². The van der Waals surface area contributed by atoms with Gasteiger partial charge in [-0.3, -0.25) is 9.69 Å². The molecule has 1 saturated heterocycles. The van der Waals surface area contributed by atoms with Crippen LogP contribution in [-0.4, -0.2) is 58.8 Å². The van der Waals surface area contributed by atoms with Crippen LogP contribution < -0.4 is 0 Å². The van der Waals surface area contributed by atoms with Crippen LogP contribution in [0.25, 0.3) is 0 Å². The number of aromatic nitrogens is 1. The summed E-state index contributed by atoms with van der Waals surface area (Å²) >= 11 is 0. The predicted octanol–water partition coefficient (Wildman–Crippen LogP) is 4.10. The van der Waals surface area contributed by atoms with Gasteiger partial charge in [0.25, 0.3) is 5.91 Å². The van der Waals surface area contributed by atoms with Crippen LogP contribution >= 0.6 is 0 Å². The first-order valence-corrected chi connectivity index (χ1v) is 11.1. The first-order chi connectivity index (χ1) is 15.9. The molecule has 0 bridgehead atoms. The molecular weight excluding hydrogens is 426 g/mol. The Balaban J connectivity index is 1.53. The molecule has 1 fully saturated rings. The van der Waals surface area contributed by atoms with E-state index in [1.807, 2.05) is 49.2 Å². The highest BCUT2D eigenvalue weighted by Crippen LogP contribution is 2.25. The molecule has 33 heavy (non-hydrogen) atoms. The summed E-state index contributed by atoms with van der Waals surface area (Å²) in [6, 6.07) is 13.3. The SMILES string of the molecule is C[C@@H](c1ccccc1)N(Cc1nc(C(=O)N2CCN(C)CC2)co1)Cc1ccc(F)cc1F. The Morgan fingerprint density at radius 2 is 1.82 bits per heavy atom. The molecule has 6 nitrogen and oxygen atoms in total. The summed E-state index contributed by atoms with van der Waals surface area (Å²) in [5.74, 6) is -0.986. The van der Waals surface area contributed by atoms with Crippen molar-refractivity contribution in [2.45, 2.75) is 26.1 Å². The number of hydrogen-bond donors (Lipinski definition) is 0. The molecule has 0 saturated carbocycles. The Hall–Kier alpha value is -3.10. The molecule has 1 aliphatic heterocycles. The summed E-state index contributed by atoms with van der Waals surface area (Å²) in [4.78, 5) is 23.2. The Bertz CT molecular complexity index is 1080. The van der Waals surface area contributed by atoms with E-state index in [1.54, 1.807) is 4.90 Å². The molecule has 2 heterocycles. The third-order valence-electron chi connectivity index (χ3n) is 6.12. The number of likely N-dealkylation sites (N-methyl/N-ethyl adjacent to an activating group) is 1. The molecule has 1 aliphatic rings. The number of benzene rings is 2. The van der Waals surface area contributed by atoms with Crippen molar-refractivity contribution in [3.63, 3.8) is 0 Å². The molecule has 2 aromatic carbocycles. The highest BCUT2D eigenvalue weighted by atomic mass is 19.1. The second-order valence-electron chi connectivity index (χ2n) is 8.45. The molecule has 1 atom stereocenters. The molecule has 3 aromatic rings. The van der Waals surface area contributed by atoms with Gasteiger partial charge < -0.3 is 14.2 Å². The van der Waals surface area contributed by atoms with Gasteiger partial charge in [0.05, 0.1) is 6.54 Å². The lowest BCUT2D eigenvalue weighted by Gasteiger charge is -2.31. The number of amides is 1. The van der Waals surface area contributed by atoms with Crippen molar-refractivity contribution in [1.29, 1.82) is 0 Å². The van der Waals surface area contributed by atoms with Gasteiger partial charge in [-0.25, -0.2) is 13.8 Å². The average Bonchev–Trinajstić information content (AvgIpc) is 3.29. The lowest BCUT2D eigenvalue weighted by Crippen LogP contribution is -2.47. The third-order valence-corrected chi connectivity index (χ3v) is 6.12. The number of nitrogens with zero attached hydrogens (tertiary/aromatic N) is 4. The Labute approximate surface area is 192 Å². The summed E-state index contributed by atoms with van der Waals surface area (Å²) in [6.45, 7) is 5.45. The Morgan fingerprint density at radius 3 is 2.52 bits per heavy atom. The van der Waals surface area contributed by atoms with E-state index in [9.17, 15) is 13.6 Å². The number of halogens is 2. The second kappa shape index (κ2) is 10.2. The van der Waals surface area contributed by atoms with E-state index in [-0.39, 0.29) is 30.7 Å². The number of carbonyl (C=O) groups is 1. The van der Waals surface area contributed by atoms with E-state index in [4.69, 9.17) is 4.42 Å².